The van der Waals surface area contributed by atoms with Gasteiger partial charge in [0.1, 0.15) is 6.61 Å². The van der Waals surface area contributed by atoms with E-state index in [4.69, 9.17) is 4.74 Å². The fourth-order valence-electron chi connectivity index (χ4n) is 3.66. The molecule has 0 saturated heterocycles. The van der Waals surface area contributed by atoms with Gasteiger partial charge in [-0.15, -0.1) is 0 Å². The van der Waals surface area contributed by atoms with E-state index in [9.17, 15) is 18.0 Å². The Hall–Kier alpha value is -3.54. The summed E-state index contributed by atoms with van der Waals surface area (Å²) in [4.78, 5) is 12.1. The van der Waals surface area contributed by atoms with Crippen molar-refractivity contribution >= 4 is 12.2 Å². The van der Waals surface area contributed by atoms with Crippen molar-refractivity contribution in [1.82, 2.24) is 5.32 Å². The number of hydrogen-bond acceptors (Lipinski definition) is 2. The minimum Gasteiger partial charge on any atom is -0.449 e. The highest BCUT2D eigenvalue weighted by atomic mass is 19.2. The first kappa shape index (κ1) is 19.8. The molecule has 0 bridgehead atoms. The highest BCUT2D eigenvalue weighted by Gasteiger charge is 2.28. The van der Waals surface area contributed by atoms with Crippen LogP contribution in [0, 0.1) is 17.5 Å². The van der Waals surface area contributed by atoms with Crippen molar-refractivity contribution in [1.29, 1.82) is 0 Å². The Labute approximate surface area is 171 Å². The molecule has 6 heteroatoms. The van der Waals surface area contributed by atoms with Crippen molar-refractivity contribution in [2.24, 2.45) is 0 Å². The molecule has 3 nitrogen and oxygen atoms in total. The predicted octanol–water partition coefficient (Wildman–Crippen LogP) is 5.66. The van der Waals surface area contributed by atoms with Gasteiger partial charge in [-0.3, -0.25) is 0 Å². The number of alkyl carbamates (subject to hydrolysis) is 1. The van der Waals surface area contributed by atoms with Crippen molar-refractivity contribution < 1.29 is 22.7 Å². The second-order valence-corrected chi connectivity index (χ2v) is 6.91. The first-order valence-electron chi connectivity index (χ1n) is 9.44. The molecular weight excluding hydrogens is 391 g/mol. The number of benzene rings is 3. The summed E-state index contributed by atoms with van der Waals surface area (Å²) in [5.74, 6) is -4.08. The third-order valence-electron chi connectivity index (χ3n) is 5.02. The van der Waals surface area contributed by atoms with Gasteiger partial charge < -0.3 is 10.1 Å². The van der Waals surface area contributed by atoms with Crippen LogP contribution in [-0.2, 0) is 4.74 Å². The molecule has 0 aromatic heterocycles. The Morgan fingerprint density at radius 3 is 2.10 bits per heavy atom. The van der Waals surface area contributed by atoms with Crippen molar-refractivity contribution in [2.75, 3.05) is 13.2 Å². The quantitative estimate of drug-likeness (QED) is 0.553. The van der Waals surface area contributed by atoms with E-state index in [0.29, 0.717) is 0 Å². The summed E-state index contributed by atoms with van der Waals surface area (Å²) in [7, 11) is 0. The summed E-state index contributed by atoms with van der Waals surface area (Å²) in [6, 6.07) is 17.8. The number of rotatable bonds is 5. The highest BCUT2D eigenvalue weighted by molar-refractivity contribution is 5.79. The van der Waals surface area contributed by atoms with Gasteiger partial charge in [-0.2, -0.15) is 0 Å². The van der Waals surface area contributed by atoms with Crippen LogP contribution in [-0.4, -0.2) is 19.2 Å². The first-order valence-corrected chi connectivity index (χ1v) is 9.44. The van der Waals surface area contributed by atoms with E-state index < -0.39 is 23.5 Å². The molecule has 4 rings (SSSR count). The molecule has 1 aliphatic rings. The van der Waals surface area contributed by atoms with E-state index in [-0.39, 0.29) is 24.6 Å². The van der Waals surface area contributed by atoms with E-state index in [1.807, 2.05) is 36.4 Å². The average molecular weight is 409 g/mol. The summed E-state index contributed by atoms with van der Waals surface area (Å²) in [5, 5.41) is 2.56. The number of amides is 1. The zero-order valence-electron chi connectivity index (χ0n) is 15.9. The van der Waals surface area contributed by atoms with E-state index in [0.717, 1.165) is 34.4 Å². The minimum atomic E-state index is -1.51. The van der Waals surface area contributed by atoms with Gasteiger partial charge in [0.2, 0.25) is 0 Å². The van der Waals surface area contributed by atoms with Crippen LogP contribution in [0.4, 0.5) is 18.0 Å². The Morgan fingerprint density at radius 1 is 0.933 bits per heavy atom. The number of hydrogen-bond donors (Lipinski definition) is 1. The summed E-state index contributed by atoms with van der Waals surface area (Å²) in [5.41, 5.74) is 4.67. The van der Waals surface area contributed by atoms with Crippen LogP contribution >= 0.6 is 0 Å². The van der Waals surface area contributed by atoms with E-state index in [2.05, 4.69) is 17.4 Å². The number of ether oxygens (including phenoxy) is 1. The van der Waals surface area contributed by atoms with Crippen LogP contribution in [0.1, 0.15) is 22.6 Å². The lowest BCUT2D eigenvalue weighted by Gasteiger charge is -2.14. The van der Waals surface area contributed by atoms with Crippen molar-refractivity contribution in [3.8, 4) is 11.1 Å². The van der Waals surface area contributed by atoms with Gasteiger partial charge in [0, 0.05) is 12.5 Å². The first-order chi connectivity index (χ1) is 14.5. The molecule has 0 atom stereocenters. The van der Waals surface area contributed by atoms with Gasteiger partial charge in [0.05, 0.1) is 0 Å². The lowest BCUT2D eigenvalue weighted by molar-refractivity contribution is 0.144. The maximum absolute atomic E-state index is 13.2. The van der Waals surface area contributed by atoms with Crippen LogP contribution in [0.5, 0.6) is 0 Å². The van der Waals surface area contributed by atoms with E-state index in [1.165, 1.54) is 12.2 Å². The molecule has 0 radical (unpaired) electrons. The Morgan fingerprint density at radius 2 is 1.50 bits per heavy atom. The maximum Gasteiger partial charge on any atom is 0.407 e. The van der Waals surface area contributed by atoms with Crippen LogP contribution in [0.3, 0.4) is 0 Å². The van der Waals surface area contributed by atoms with Crippen molar-refractivity contribution in [3.63, 3.8) is 0 Å². The topological polar surface area (TPSA) is 38.3 Å². The zero-order valence-corrected chi connectivity index (χ0v) is 15.9. The van der Waals surface area contributed by atoms with Crippen LogP contribution in [0.25, 0.3) is 17.2 Å². The molecule has 1 aliphatic carbocycles. The molecule has 30 heavy (non-hydrogen) atoms. The fourth-order valence-corrected chi connectivity index (χ4v) is 3.66. The Bertz CT molecular complexity index is 1060. The van der Waals surface area contributed by atoms with E-state index >= 15 is 0 Å². The van der Waals surface area contributed by atoms with Gasteiger partial charge in [-0.25, -0.2) is 18.0 Å². The summed E-state index contributed by atoms with van der Waals surface area (Å²) in [6.07, 6.45) is 2.28. The van der Waals surface area contributed by atoms with Gasteiger partial charge in [-0.05, 0) is 39.9 Å². The third-order valence-corrected chi connectivity index (χ3v) is 5.02. The van der Waals surface area contributed by atoms with Crippen LogP contribution < -0.4 is 5.32 Å². The molecule has 1 amide bonds. The lowest BCUT2D eigenvalue weighted by Crippen LogP contribution is -2.26. The lowest BCUT2D eigenvalue weighted by atomic mass is 9.98. The molecule has 0 fully saturated rings. The molecule has 152 valence electrons. The van der Waals surface area contributed by atoms with Crippen molar-refractivity contribution in [3.05, 3.63) is 101 Å². The number of nitrogens with one attached hydrogen (secondary N) is 1. The van der Waals surface area contributed by atoms with Crippen LogP contribution in [0.15, 0.2) is 66.7 Å². The normalized spacial score (nSPS) is 12.6. The van der Waals surface area contributed by atoms with E-state index in [1.54, 1.807) is 0 Å². The largest absolute Gasteiger partial charge is 0.449 e. The Balaban J connectivity index is 1.34. The number of carbonyl (C=O) groups is 1. The molecule has 1 N–H and O–H groups in total. The molecule has 3 aromatic carbocycles. The van der Waals surface area contributed by atoms with Crippen molar-refractivity contribution in [2.45, 2.75) is 5.92 Å². The molecular formula is C24H18F3NO2. The average Bonchev–Trinajstić information content (AvgIpc) is 3.07. The molecule has 3 aromatic rings. The van der Waals surface area contributed by atoms with Gasteiger partial charge in [0.25, 0.3) is 0 Å². The highest BCUT2D eigenvalue weighted by Crippen LogP contribution is 2.44. The number of carbonyl (C=O) groups excluding carboxylic acids is 1. The predicted molar refractivity (Wildman–Crippen MR) is 108 cm³/mol. The molecule has 0 aliphatic heterocycles. The smallest absolute Gasteiger partial charge is 0.407 e. The molecule has 0 unspecified atom stereocenters. The van der Waals surface area contributed by atoms with Gasteiger partial charge >= 0.3 is 6.09 Å². The maximum atomic E-state index is 13.2. The van der Waals surface area contributed by atoms with Gasteiger partial charge in [-0.1, -0.05) is 60.7 Å². The summed E-state index contributed by atoms with van der Waals surface area (Å²) in [6.45, 7) is 0.287. The fraction of sp³-hybridized carbons (Fsp3) is 0.125. The standard InChI is InChI=1S/C24H18F3NO2/c25-21-12-15(13-22(26)23(21)27)6-5-11-28-24(29)30-14-20-18-9-3-1-7-16(18)17-8-2-4-10-19(17)20/h1-10,12-13,20H,11,14H2,(H,28,29). The monoisotopic (exact) mass is 409 g/mol. The summed E-state index contributed by atoms with van der Waals surface area (Å²) >= 11 is 0. The molecule has 0 spiro atoms. The second-order valence-electron chi connectivity index (χ2n) is 6.91. The molecule has 0 saturated carbocycles. The number of halogens is 3. The van der Waals surface area contributed by atoms with Gasteiger partial charge in [0.15, 0.2) is 17.5 Å². The summed E-state index contributed by atoms with van der Waals surface area (Å²) < 4.78 is 44.7. The Kier molecular flexibility index (Phi) is 5.57. The minimum absolute atomic E-state index is 0.0381. The second kappa shape index (κ2) is 8.45. The number of fused-ring (bicyclic) bond motifs is 3. The molecule has 0 heterocycles. The SMILES string of the molecule is O=C(NCC=Cc1cc(F)c(F)c(F)c1)OCC1c2ccccc2-c2ccccc21. The third kappa shape index (κ3) is 3.94. The van der Waals surface area contributed by atoms with Crippen LogP contribution in [0.2, 0.25) is 0 Å². The zero-order chi connectivity index (χ0) is 21.1.